The number of hydrogen-bond acceptors (Lipinski definition) is 3. The Morgan fingerprint density at radius 2 is 2.33 bits per heavy atom. The van der Waals surface area contributed by atoms with Crippen LogP contribution in [0.1, 0.15) is 25.7 Å². The fourth-order valence-corrected chi connectivity index (χ4v) is 1.87. The fraction of sp³-hybridized carbons (Fsp3) is 0.889. The van der Waals surface area contributed by atoms with Gasteiger partial charge in [-0.2, -0.15) is 0 Å². The zero-order valence-corrected chi connectivity index (χ0v) is 7.41. The SMILES string of the molecule is O=CCN1CCCCC1CCO. The molecule has 1 heterocycles. The summed E-state index contributed by atoms with van der Waals surface area (Å²) in [5, 5.41) is 8.79. The van der Waals surface area contributed by atoms with Gasteiger partial charge >= 0.3 is 0 Å². The summed E-state index contributed by atoms with van der Waals surface area (Å²) in [6.07, 6.45) is 5.33. The highest BCUT2D eigenvalue weighted by Gasteiger charge is 2.20. The van der Waals surface area contributed by atoms with Crippen LogP contribution in [0.3, 0.4) is 0 Å². The van der Waals surface area contributed by atoms with Gasteiger partial charge in [-0.05, 0) is 25.8 Å². The monoisotopic (exact) mass is 171 g/mol. The van der Waals surface area contributed by atoms with Gasteiger partial charge in [-0.25, -0.2) is 0 Å². The molecule has 0 radical (unpaired) electrons. The van der Waals surface area contributed by atoms with E-state index in [1.54, 1.807) is 0 Å². The van der Waals surface area contributed by atoms with Crippen molar-refractivity contribution < 1.29 is 9.90 Å². The molecule has 1 saturated heterocycles. The van der Waals surface area contributed by atoms with Gasteiger partial charge in [0.15, 0.2) is 0 Å². The molecule has 1 unspecified atom stereocenters. The first-order chi connectivity index (χ1) is 5.88. The Balaban J connectivity index is 2.36. The Bertz CT molecular complexity index is 136. The van der Waals surface area contributed by atoms with E-state index in [1.165, 1.54) is 12.8 Å². The number of nitrogens with zero attached hydrogens (tertiary/aromatic N) is 1. The molecular formula is C9H17NO2. The van der Waals surface area contributed by atoms with E-state index in [2.05, 4.69) is 4.90 Å². The third-order valence-electron chi connectivity index (χ3n) is 2.52. The average molecular weight is 171 g/mol. The predicted octanol–water partition coefficient (Wildman–Crippen LogP) is 0.422. The van der Waals surface area contributed by atoms with E-state index in [1.807, 2.05) is 0 Å². The standard InChI is InChI=1S/C9H17NO2/c11-7-4-9-3-1-2-5-10(9)6-8-12/h8-9,11H,1-7H2. The van der Waals surface area contributed by atoms with Crippen LogP contribution in [-0.4, -0.2) is 42.0 Å². The summed E-state index contributed by atoms with van der Waals surface area (Å²) in [7, 11) is 0. The third kappa shape index (κ3) is 2.57. The Morgan fingerprint density at radius 1 is 1.50 bits per heavy atom. The molecule has 12 heavy (non-hydrogen) atoms. The average Bonchev–Trinajstić information content (AvgIpc) is 2.09. The molecule has 0 spiro atoms. The summed E-state index contributed by atoms with van der Waals surface area (Å²) < 4.78 is 0. The minimum absolute atomic E-state index is 0.236. The van der Waals surface area contributed by atoms with Crippen molar-refractivity contribution in [3.8, 4) is 0 Å². The first-order valence-electron chi connectivity index (χ1n) is 4.67. The molecule has 1 rings (SSSR count). The first kappa shape index (κ1) is 9.68. The second-order valence-electron chi connectivity index (χ2n) is 3.32. The lowest BCUT2D eigenvalue weighted by atomic mass is 10.00. The topological polar surface area (TPSA) is 40.5 Å². The maximum absolute atomic E-state index is 10.3. The van der Waals surface area contributed by atoms with Gasteiger partial charge in [0, 0.05) is 12.6 Å². The van der Waals surface area contributed by atoms with Gasteiger partial charge in [0.1, 0.15) is 6.29 Å². The molecule has 0 aromatic carbocycles. The Labute approximate surface area is 73.4 Å². The van der Waals surface area contributed by atoms with Gasteiger partial charge in [-0.3, -0.25) is 4.90 Å². The molecule has 0 saturated carbocycles. The maximum atomic E-state index is 10.3. The van der Waals surface area contributed by atoms with Gasteiger partial charge in [0.25, 0.3) is 0 Å². The Hall–Kier alpha value is -0.410. The molecule has 0 aromatic rings. The van der Waals surface area contributed by atoms with Crippen LogP contribution in [0.4, 0.5) is 0 Å². The molecule has 0 aliphatic carbocycles. The number of likely N-dealkylation sites (tertiary alicyclic amines) is 1. The van der Waals surface area contributed by atoms with E-state index in [-0.39, 0.29) is 6.61 Å². The Morgan fingerprint density at radius 3 is 3.00 bits per heavy atom. The van der Waals surface area contributed by atoms with E-state index in [0.717, 1.165) is 25.7 Å². The van der Waals surface area contributed by atoms with Crippen molar-refractivity contribution in [1.82, 2.24) is 4.90 Å². The van der Waals surface area contributed by atoms with Gasteiger partial charge in [0.05, 0.1) is 6.54 Å². The number of hydrogen-bond donors (Lipinski definition) is 1. The molecule has 3 heteroatoms. The van der Waals surface area contributed by atoms with E-state index in [0.29, 0.717) is 12.6 Å². The zero-order chi connectivity index (χ0) is 8.81. The van der Waals surface area contributed by atoms with Crippen LogP contribution in [0.5, 0.6) is 0 Å². The van der Waals surface area contributed by atoms with Crippen molar-refractivity contribution in [2.75, 3.05) is 19.7 Å². The minimum atomic E-state index is 0.236. The van der Waals surface area contributed by atoms with E-state index < -0.39 is 0 Å². The number of piperidine rings is 1. The van der Waals surface area contributed by atoms with Crippen molar-refractivity contribution in [1.29, 1.82) is 0 Å². The number of rotatable bonds is 4. The summed E-state index contributed by atoms with van der Waals surface area (Å²) in [6, 6.07) is 0.439. The molecule has 1 N–H and O–H groups in total. The van der Waals surface area contributed by atoms with Crippen LogP contribution in [-0.2, 0) is 4.79 Å². The van der Waals surface area contributed by atoms with E-state index in [9.17, 15) is 4.79 Å². The van der Waals surface area contributed by atoms with Crippen molar-refractivity contribution in [2.24, 2.45) is 0 Å². The molecule has 1 atom stereocenters. The number of aldehydes is 1. The summed E-state index contributed by atoms with van der Waals surface area (Å²) in [5.74, 6) is 0. The van der Waals surface area contributed by atoms with Gasteiger partial charge < -0.3 is 9.90 Å². The lowest BCUT2D eigenvalue weighted by Gasteiger charge is -2.33. The quantitative estimate of drug-likeness (QED) is 0.623. The van der Waals surface area contributed by atoms with Crippen molar-refractivity contribution in [3.63, 3.8) is 0 Å². The molecular weight excluding hydrogens is 154 g/mol. The van der Waals surface area contributed by atoms with Gasteiger partial charge in [-0.1, -0.05) is 6.42 Å². The fourth-order valence-electron chi connectivity index (χ4n) is 1.87. The lowest BCUT2D eigenvalue weighted by molar-refractivity contribution is -0.109. The van der Waals surface area contributed by atoms with Gasteiger partial charge in [0.2, 0.25) is 0 Å². The largest absolute Gasteiger partial charge is 0.396 e. The van der Waals surface area contributed by atoms with E-state index in [4.69, 9.17) is 5.11 Å². The molecule has 0 bridgehead atoms. The summed E-state index contributed by atoms with van der Waals surface area (Å²) in [6.45, 7) is 1.79. The maximum Gasteiger partial charge on any atom is 0.133 e. The van der Waals surface area contributed by atoms with Crippen LogP contribution < -0.4 is 0 Å². The number of carbonyl (C=O) groups excluding carboxylic acids is 1. The van der Waals surface area contributed by atoms with Gasteiger partial charge in [-0.15, -0.1) is 0 Å². The molecule has 0 amide bonds. The van der Waals surface area contributed by atoms with Crippen molar-refractivity contribution >= 4 is 6.29 Å². The highest BCUT2D eigenvalue weighted by molar-refractivity contribution is 5.52. The number of carbonyl (C=O) groups is 1. The summed E-state index contributed by atoms with van der Waals surface area (Å²) in [5.41, 5.74) is 0. The third-order valence-corrected chi connectivity index (χ3v) is 2.52. The number of aliphatic hydroxyl groups is 1. The minimum Gasteiger partial charge on any atom is -0.396 e. The van der Waals surface area contributed by atoms with Crippen LogP contribution in [0, 0.1) is 0 Å². The predicted molar refractivity (Wildman–Crippen MR) is 47.0 cm³/mol. The molecule has 3 nitrogen and oxygen atoms in total. The molecule has 70 valence electrons. The smallest absolute Gasteiger partial charge is 0.133 e. The molecule has 1 aliphatic heterocycles. The van der Waals surface area contributed by atoms with Crippen molar-refractivity contribution in [2.45, 2.75) is 31.7 Å². The molecule has 1 aliphatic rings. The van der Waals surface area contributed by atoms with Crippen LogP contribution in [0.2, 0.25) is 0 Å². The number of aliphatic hydroxyl groups excluding tert-OH is 1. The normalized spacial score (nSPS) is 25.6. The van der Waals surface area contributed by atoms with Crippen LogP contribution >= 0.6 is 0 Å². The summed E-state index contributed by atoms with van der Waals surface area (Å²) >= 11 is 0. The van der Waals surface area contributed by atoms with E-state index >= 15 is 0 Å². The molecule has 0 aromatic heterocycles. The Kier molecular flexibility index (Phi) is 4.25. The second-order valence-corrected chi connectivity index (χ2v) is 3.32. The highest BCUT2D eigenvalue weighted by atomic mass is 16.3. The molecule has 1 fully saturated rings. The van der Waals surface area contributed by atoms with Crippen LogP contribution in [0.25, 0.3) is 0 Å². The second kappa shape index (κ2) is 5.27. The zero-order valence-electron chi connectivity index (χ0n) is 7.41. The highest BCUT2D eigenvalue weighted by Crippen LogP contribution is 2.18. The van der Waals surface area contributed by atoms with Crippen LogP contribution in [0.15, 0.2) is 0 Å². The van der Waals surface area contributed by atoms with Crippen molar-refractivity contribution in [3.05, 3.63) is 0 Å². The lowest BCUT2D eigenvalue weighted by Crippen LogP contribution is -2.41. The first-order valence-corrected chi connectivity index (χ1v) is 4.67. The summed E-state index contributed by atoms with van der Waals surface area (Å²) in [4.78, 5) is 12.5.